The second kappa shape index (κ2) is 64.9. The van der Waals surface area contributed by atoms with Crippen molar-refractivity contribution < 1.29 is 76.7 Å². The van der Waals surface area contributed by atoms with E-state index < -0.39 is 185 Å². The van der Waals surface area contributed by atoms with Crippen molar-refractivity contribution in [1.29, 1.82) is 0 Å². The number of unbranched alkanes of at least 4 members (excludes halogenated alkanes) is 7. The maximum absolute atomic E-state index is 15.0. The summed E-state index contributed by atoms with van der Waals surface area (Å²) < 4.78 is 0. The van der Waals surface area contributed by atoms with Gasteiger partial charge in [0.1, 0.15) is 90.6 Å². The first-order valence-electron chi connectivity index (χ1n) is 46.8. The summed E-state index contributed by atoms with van der Waals surface area (Å²) in [5.74, 6) is -12.1. The van der Waals surface area contributed by atoms with Gasteiger partial charge >= 0.3 is 0 Å². The van der Waals surface area contributed by atoms with E-state index in [9.17, 15) is 76.7 Å². The Bertz CT molecular complexity index is 3370. The summed E-state index contributed by atoms with van der Waals surface area (Å²) >= 11 is 0. The molecule has 16 amide bonds. The first-order valence-corrected chi connectivity index (χ1v) is 46.8. The highest BCUT2D eigenvalue weighted by Crippen LogP contribution is 2.23. The Kier molecular flexibility index (Phi) is 59.4. The van der Waals surface area contributed by atoms with E-state index in [4.69, 9.17) is 45.9 Å². The van der Waals surface area contributed by atoms with Crippen LogP contribution in [0.1, 0.15) is 283 Å². The van der Waals surface area contributed by atoms with Crippen LogP contribution in [0.4, 0.5) is 0 Å². The molecule has 0 bridgehead atoms. The lowest BCUT2D eigenvalue weighted by atomic mass is 9.98. The summed E-state index contributed by atoms with van der Waals surface area (Å²) in [5, 5.41) is 39.0. The van der Waals surface area contributed by atoms with Crippen LogP contribution in [0.15, 0.2) is 0 Å². The Hall–Kier alpha value is -8.76. The molecule has 0 spiro atoms. The lowest BCUT2D eigenvalue weighted by Crippen LogP contribution is -2.61. The molecule has 39 heteroatoms. The first kappa shape index (κ1) is 116. The number of nitrogens with one attached hydrogen (secondary N) is 14. The third kappa shape index (κ3) is 47.9. The molecule has 127 heavy (non-hydrogen) atoms. The molecule has 0 saturated carbocycles. The van der Waals surface area contributed by atoms with Gasteiger partial charge in [-0.05, 0) is 274 Å². The molecule has 15 atom stereocenters. The Balaban J connectivity index is 3.68. The Morgan fingerprint density at radius 3 is 0.685 bits per heavy atom. The fraction of sp³-hybridized carbons (Fsp3) is 0.818. The van der Waals surface area contributed by atoms with Crippen LogP contribution in [0, 0.1) is 35.5 Å². The van der Waals surface area contributed by atoms with Gasteiger partial charge in [-0.1, -0.05) is 83.1 Å². The van der Waals surface area contributed by atoms with Gasteiger partial charge in [0.05, 0.1) is 0 Å². The quantitative estimate of drug-likeness (QED) is 0.0340. The number of nitrogens with two attached hydrogens (primary N) is 8. The molecule has 0 radical (unpaired) electrons. The van der Waals surface area contributed by atoms with Crippen LogP contribution in [0.2, 0.25) is 0 Å². The molecular weight excluding hydrogens is 1640 g/mol. The monoisotopic (exact) mass is 1800 g/mol. The van der Waals surface area contributed by atoms with Crippen molar-refractivity contribution in [3.63, 3.8) is 0 Å². The van der Waals surface area contributed by atoms with Crippen LogP contribution in [-0.4, -0.2) is 242 Å². The molecular formula is C88H167N23O16. The van der Waals surface area contributed by atoms with Gasteiger partial charge < -0.3 is 125 Å². The average molecular weight is 1800 g/mol. The second-order valence-electron chi connectivity index (χ2n) is 36.6. The highest BCUT2D eigenvalue weighted by Gasteiger charge is 2.42. The molecule has 0 aromatic carbocycles. The molecule has 1 fully saturated rings. The minimum Gasteiger partial charge on any atom is -0.368 e. The van der Waals surface area contributed by atoms with Gasteiger partial charge in [0.25, 0.3) is 0 Å². The van der Waals surface area contributed by atoms with Gasteiger partial charge in [0.15, 0.2) is 0 Å². The van der Waals surface area contributed by atoms with E-state index in [1.807, 2.05) is 83.1 Å². The van der Waals surface area contributed by atoms with E-state index in [0.717, 1.165) is 0 Å². The first-order chi connectivity index (χ1) is 60.0. The molecule has 1 heterocycles. The number of rotatable bonds is 69. The fourth-order valence-electron chi connectivity index (χ4n) is 15.0. The fourth-order valence-corrected chi connectivity index (χ4v) is 15.0. The second-order valence-corrected chi connectivity index (χ2v) is 36.6. The van der Waals surface area contributed by atoms with Gasteiger partial charge in [0, 0.05) is 13.5 Å². The number of carbonyl (C=O) groups is 16. The largest absolute Gasteiger partial charge is 0.368 e. The predicted molar refractivity (Wildman–Crippen MR) is 489 cm³/mol. The summed E-state index contributed by atoms with van der Waals surface area (Å²) in [4.78, 5) is 229. The van der Waals surface area contributed by atoms with Crippen LogP contribution < -0.4 is 120 Å². The van der Waals surface area contributed by atoms with Crippen molar-refractivity contribution in [2.45, 2.75) is 374 Å². The van der Waals surface area contributed by atoms with Crippen LogP contribution in [0.5, 0.6) is 0 Å². The normalized spacial score (nSPS) is 16.1. The minimum atomic E-state index is -1.31. The van der Waals surface area contributed by atoms with E-state index in [1.165, 1.54) is 18.7 Å². The van der Waals surface area contributed by atoms with Gasteiger partial charge in [-0.3, -0.25) is 76.7 Å². The van der Waals surface area contributed by atoms with Crippen molar-refractivity contribution in [3.8, 4) is 0 Å². The van der Waals surface area contributed by atoms with Gasteiger partial charge in [-0.15, -0.1) is 0 Å². The zero-order chi connectivity index (χ0) is 96.0. The van der Waals surface area contributed by atoms with E-state index in [-0.39, 0.29) is 158 Å². The Morgan fingerprint density at radius 2 is 0.457 bits per heavy atom. The molecule has 1 saturated heterocycles. The smallest absolute Gasteiger partial charge is 0.245 e. The molecule has 730 valence electrons. The summed E-state index contributed by atoms with van der Waals surface area (Å²) in [6.45, 7) is 26.9. The number of primary amides is 1. The number of hydrogen-bond acceptors (Lipinski definition) is 23. The van der Waals surface area contributed by atoms with Crippen LogP contribution in [-0.2, 0) is 76.7 Å². The maximum Gasteiger partial charge on any atom is 0.245 e. The van der Waals surface area contributed by atoms with Gasteiger partial charge in [0.2, 0.25) is 94.5 Å². The lowest BCUT2D eigenvalue weighted by Gasteiger charge is -2.31. The number of hydrogen-bond donors (Lipinski definition) is 22. The zero-order valence-corrected chi connectivity index (χ0v) is 78.9. The average Bonchev–Trinajstić information content (AvgIpc) is 1.69. The Labute approximate surface area is 754 Å². The highest BCUT2D eigenvalue weighted by molar-refractivity contribution is 6.01. The van der Waals surface area contributed by atoms with E-state index in [0.29, 0.717) is 116 Å². The van der Waals surface area contributed by atoms with Crippen LogP contribution >= 0.6 is 0 Å². The number of nitrogens with zero attached hydrogens (tertiary/aromatic N) is 1. The maximum atomic E-state index is 15.0. The molecule has 0 aliphatic carbocycles. The van der Waals surface area contributed by atoms with Crippen LogP contribution in [0.25, 0.3) is 0 Å². The van der Waals surface area contributed by atoms with Gasteiger partial charge in [-0.2, -0.15) is 0 Å². The topological polar surface area (TPSA) is 653 Å². The third-order valence-corrected chi connectivity index (χ3v) is 21.8. The molecule has 30 N–H and O–H groups in total. The summed E-state index contributed by atoms with van der Waals surface area (Å²) in [7, 11) is 0. The molecule has 39 nitrogen and oxygen atoms in total. The van der Waals surface area contributed by atoms with Crippen molar-refractivity contribution in [2.24, 2.45) is 81.4 Å². The lowest BCUT2D eigenvalue weighted by molar-refractivity contribution is -0.142. The molecule has 1 aliphatic rings. The molecule has 1 rings (SSSR count). The molecule has 1 aliphatic heterocycles. The predicted octanol–water partition coefficient (Wildman–Crippen LogP) is -0.531. The van der Waals surface area contributed by atoms with Crippen molar-refractivity contribution in [3.05, 3.63) is 0 Å². The minimum absolute atomic E-state index is 0.0350. The Morgan fingerprint density at radius 1 is 0.260 bits per heavy atom. The van der Waals surface area contributed by atoms with Crippen LogP contribution in [0.3, 0.4) is 0 Å². The van der Waals surface area contributed by atoms with E-state index in [1.54, 1.807) is 0 Å². The van der Waals surface area contributed by atoms with Crippen molar-refractivity contribution >= 4 is 94.5 Å². The van der Waals surface area contributed by atoms with E-state index in [2.05, 4.69) is 74.4 Å². The summed E-state index contributed by atoms with van der Waals surface area (Å²) in [5.41, 5.74) is 46.5. The standard InChI is InChI=1S/C88H167N23O16/c1-52(2)46-67(81(120)99-60(74(96)113)30-15-22-38-89)108-84(123)70(49-55(7)8)105-78(117)62(32-17-24-40-91)100-75(114)58(13)97-87(126)73-37-29-45-111(73)88(127)66(36-21-28-44-95)104-77(116)63(33-18-25-41-92)102-82(121)68(47-53(3)4)109-86(125)72(51-57(11)12)107-80(119)65(35-20-27-43-94)103-83(122)69(48-54(5)6)110-85(124)71(50-56(9)10)106-79(118)64(34-19-26-42-93)101-76(115)61(98-59(14)112)31-16-23-39-90/h52-58,60-73H,15-51,89-95H2,1-14H3,(H2,96,113)(H,97,126)(H,98,112)(H,99,120)(H,100,114)(H,101,115)(H,102,121)(H,103,122)(H,104,116)(H,105,117)(H,106,118)(H,107,119)(H,108,123)(H,109,125)(H,110,124)/t58-,60-,61-,62-,63-,64-,65-,66-,67-,68-,69-,70-,71-,72-,73-/m0/s1. The summed E-state index contributed by atoms with van der Waals surface area (Å²) in [6.07, 6.45) is 8.44. The molecule has 0 unspecified atom stereocenters. The highest BCUT2D eigenvalue weighted by atomic mass is 16.2. The van der Waals surface area contributed by atoms with Crippen molar-refractivity contribution in [1.82, 2.24) is 79.3 Å². The number of amides is 16. The SMILES string of the molecule is CC(=O)N[C@@H](CCCCN)C(=O)N[C@@H](CCCCN)C(=O)N[C@@H](CC(C)C)C(=O)N[C@@H](CC(C)C)C(=O)N[C@@H](CCCCN)C(=O)N[C@@H](CC(C)C)C(=O)N[C@@H](CC(C)C)C(=O)N[C@@H](CCCCN)C(=O)N[C@@H](CCCCN)C(=O)N1CCC[C@H]1C(=O)N[C@@H](C)C(=O)N[C@@H](CCCCN)C(=O)N[C@@H](CC(C)C)C(=O)N[C@@H](CC(C)C)C(=O)N[C@@H](CCCCN)C(N)=O. The van der Waals surface area contributed by atoms with Crippen molar-refractivity contribution in [2.75, 3.05) is 52.4 Å². The number of likely N-dealkylation sites (tertiary alicyclic amines) is 1. The van der Waals surface area contributed by atoms with Gasteiger partial charge in [-0.25, -0.2) is 0 Å². The summed E-state index contributed by atoms with van der Waals surface area (Å²) in [6, 6.07) is -18.0. The number of carbonyl (C=O) groups excluding carboxylic acids is 16. The molecule has 0 aromatic rings. The zero-order valence-electron chi connectivity index (χ0n) is 78.9. The van der Waals surface area contributed by atoms with E-state index >= 15 is 0 Å². The third-order valence-electron chi connectivity index (χ3n) is 21.8. The molecule has 0 aromatic heterocycles.